The molecule has 7 nitrogen and oxygen atoms in total. The average molecular weight is 289 g/mol. The van der Waals surface area contributed by atoms with E-state index in [0.717, 1.165) is 11.3 Å². The number of aromatic nitrogens is 4. The van der Waals surface area contributed by atoms with Gasteiger partial charge in [-0.2, -0.15) is 0 Å². The van der Waals surface area contributed by atoms with Gasteiger partial charge in [-0.25, -0.2) is 9.48 Å². The van der Waals surface area contributed by atoms with Crippen molar-refractivity contribution >= 4 is 5.97 Å². The Morgan fingerprint density at radius 3 is 2.86 bits per heavy atom. The Kier molecular flexibility index (Phi) is 4.64. The molecule has 0 saturated heterocycles. The lowest BCUT2D eigenvalue weighted by Gasteiger charge is -2.28. The molecule has 2 rings (SSSR count). The molecule has 1 heterocycles. The van der Waals surface area contributed by atoms with Crippen molar-refractivity contribution in [2.24, 2.45) is 0 Å². The Bertz CT molecular complexity index is 599. The summed E-state index contributed by atoms with van der Waals surface area (Å²) in [7, 11) is 0. The van der Waals surface area contributed by atoms with Crippen LogP contribution in [0.2, 0.25) is 0 Å². The maximum absolute atomic E-state index is 12.3. The lowest BCUT2D eigenvalue weighted by atomic mass is 9.91. The second kappa shape index (κ2) is 6.45. The molecular formula is C14H19N5O2. The number of likely N-dealkylation sites (N-methyl/N-ethyl adjacent to an activating group) is 1. The molecule has 7 heteroatoms. The fourth-order valence-electron chi connectivity index (χ4n) is 2.16. The SMILES string of the molecule is CCNC(C)(C(=O)OCC)c1cccc(-n2cnnn2)c1. The van der Waals surface area contributed by atoms with E-state index >= 15 is 0 Å². The Balaban J connectivity index is 2.41. The minimum atomic E-state index is -0.908. The van der Waals surface area contributed by atoms with E-state index in [1.54, 1.807) is 11.6 Å². The van der Waals surface area contributed by atoms with Gasteiger partial charge in [-0.1, -0.05) is 19.1 Å². The second-order valence-corrected chi connectivity index (χ2v) is 4.68. The molecule has 0 fully saturated rings. The normalized spacial score (nSPS) is 13.7. The molecule has 1 atom stereocenters. The molecule has 0 aliphatic carbocycles. The molecule has 0 aliphatic rings. The van der Waals surface area contributed by atoms with Gasteiger partial charge in [-0.3, -0.25) is 5.32 Å². The fourth-order valence-corrected chi connectivity index (χ4v) is 2.16. The molecular weight excluding hydrogens is 270 g/mol. The van der Waals surface area contributed by atoms with Crippen LogP contribution in [0.3, 0.4) is 0 Å². The van der Waals surface area contributed by atoms with Crippen molar-refractivity contribution in [1.29, 1.82) is 0 Å². The monoisotopic (exact) mass is 289 g/mol. The van der Waals surface area contributed by atoms with Crippen molar-refractivity contribution in [3.05, 3.63) is 36.2 Å². The van der Waals surface area contributed by atoms with Crippen LogP contribution in [0.4, 0.5) is 0 Å². The summed E-state index contributed by atoms with van der Waals surface area (Å²) >= 11 is 0. The molecule has 0 amide bonds. The highest BCUT2D eigenvalue weighted by Gasteiger charge is 2.36. The van der Waals surface area contributed by atoms with Gasteiger partial charge in [0, 0.05) is 0 Å². The molecule has 0 radical (unpaired) electrons. The molecule has 0 saturated carbocycles. The van der Waals surface area contributed by atoms with Crippen LogP contribution in [-0.2, 0) is 15.1 Å². The van der Waals surface area contributed by atoms with Crippen LogP contribution in [0.5, 0.6) is 0 Å². The number of esters is 1. The minimum Gasteiger partial charge on any atom is -0.464 e. The van der Waals surface area contributed by atoms with Crippen LogP contribution in [-0.4, -0.2) is 39.3 Å². The number of rotatable bonds is 6. The fraction of sp³-hybridized carbons (Fsp3) is 0.429. The lowest BCUT2D eigenvalue weighted by molar-refractivity contribution is -0.151. The highest BCUT2D eigenvalue weighted by Crippen LogP contribution is 2.24. The number of carbonyl (C=O) groups excluding carboxylic acids is 1. The Labute approximate surface area is 123 Å². The third-order valence-corrected chi connectivity index (χ3v) is 3.25. The van der Waals surface area contributed by atoms with Gasteiger partial charge in [0.25, 0.3) is 0 Å². The van der Waals surface area contributed by atoms with Crippen LogP contribution < -0.4 is 5.32 Å². The first-order valence-electron chi connectivity index (χ1n) is 6.88. The summed E-state index contributed by atoms with van der Waals surface area (Å²) in [4.78, 5) is 12.3. The number of hydrogen-bond donors (Lipinski definition) is 1. The predicted molar refractivity (Wildman–Crippen MR) is 76.8 cm³/mol. The van der Waals surface area contributed by atoms with Gasteiger partial charge < -0.3 is 4.74 Å². The Morgan fingerprint density at radius 1 is 1.43 bits per heavy atom. The number of hydrogen-bond acceptors (Lipinski definition) is 6. The summed E-state index contributed by atoms with van der Waals surface area (Å²) in [6, 6.07) is 7.49. The minimum absolute atomic E-state index is 0.305. The zero-order valence-corrected chi connectivity index (χ0v) is 12.4. The third kappa shape index (κ3) is 3.08. The van der Waals surface area contributed by atoms with Crippen LogP contribution in [0.1, 0.15) is 26.3 Å². The van der Waals surface area contributed by atoms with Crippen molar-refractivity contribution in [2.45, 2.75) is 26.3 Å². The summed E-state index contributed by atoms with van der Waals surface area (Å²) in [6.07, 6.45) is 1.51. The zero-order valence-electron chi connectivity index (χ0n) is 12.4. The van der Waals surface area contributed by atoms with Gasteiger partial charge in [0.15, 0.2) is 0 Å². The summed E-state index contributed by atoms with van der Waals surface area (Å²) in [5, 5.41) is 14.3. The van der Waals surface area contributed by atoms with E-state index in [9.17, 15) is 4.79 Å². The first-order valence-corrected chi connectivity index (χ1v) is 6.88. The summed E-state index contributed by atoms with van der Waals surface area (Å²) in [5.74, 6) is -0.305. The average Bonchev–Trinajstić information content (AvgIpc) is 3.02. The number of nitrogens with zero attached hydrogens (tertiary/aromatic N) is 4. The predicted octanol–water partition coefficient (Wildman–Crippen LogP) is 1.05. The number of benzene rings is 1. The summed E-state index contributed by atoms with van der Waals surface area (Å²) in [6.45, 7) is 6.54. The molecule has 1 N–H and O–H groups in total. The van der Waals surface area contributed by atoms with Crippen molar-refractivity contribution < 1.29 is 9.53 Å². The van der Waals surface area contributed by atoms with E-state index in [2.05, 4.69) is 20.8 Å². The maximum atomic E-state index is 12.3. The van der Waals surface area contributed by atoms with Crippen molar-refractivity contribution in [3.63, 3.8) is 0 Å². The first kappa shape index (κ1) is 15.1. The van der Waals surface area contributed by atoms with Crippen LogP contribution in [0, 0.1) is 0 Å². The van der Waals surface area contributed by atoms with Crippen LogP contribution >= 0.6 is 0 Å². The van der Waals surface area contributed by atoms with Gasteiger partial charge in [0.05, 0.1) is 12.3 Å². The van der Waals surface area contributed by atoms with Gasteiger partial charge >= 0.3 is 5.97 Å². The van der Waals surface area contributed by atoms with Gasteiger partial charge in [-0.05, 0) is 48.5 Å². The zero-order chi connectivity index (χ0) is 15.3. The number of tetrazole rings is 1. The molecule has 2 aromatic rings. The smallest absolute Gasteiger partial charge is 0.330 e. The topological polar surface area (TPSA) is 81.9 Å². The van der Waals surface area contributed by atoms with Gasteiger partial charge in [-0.15, -0.1) is 5.10 Å². The largest absolute Gasteiger partial charge is 0.464 e. The molecule has 112 valence electrons. The molecule has 21 heavy (non-hydrogen) atoms. The molecule has 0 bridgehead atoms. The maximum Gasteiger partial charge on any atom is 0.330 e. The third-order valence-electron chi connectivity index (χ3n) is 3.25. The number of nitrogens with one attached hydrogen (secondary N) is 1. The highest BCUT2D eigenvalue weighted by atomic mass is 16.5. The van der Waals surface area contributed by atoms with E-state index < -0.39 is 5.54 Å². The molecule has 0 spiro atoms. The molecule has 0 aliphatic heterocycles. The van der Waals surface area contributed by atoms with Crippen molar-refractivity contribution in [2.75, 3.05) is 13.2 Å². The van der Waals surface area contributed by atoms with E-state index in [1.807, 2.05) is 38.1 Å². The van der Waals surface area contributed by atoms with Gasteiger partial charge in [0.2, 0.25) is 0 Å². The molecule has 1 unspecified atom stereocenters. The summed E-state index contributed by atoms with van der Waals surface area (Å²) in [5.41, 5.74) is 0.677. The highest BCUT2D eigenvalue weighted by molar-refractivity contribution is 5.82. The summed E-state index contributed by atoms with van der Waals surface area (Å²) < 4.78 is 6.74. The van der Waals surface area contributed by atoms with E-state index in [-0.39, 0.29) is 5.97 Å². The Morgan fingerprint density at radius 2 is 2.24 bits per heavy atom. The quantitative estimate of drug-likeness (QED) is 0.800. The van der Waals surface area contributed by atoms with E-state index in [0.29, 0.717) is 13.2 Å². The first-order chi connectivity index (χ1) is 10.1. The van der Waals surface area contributed by atoms with Crippen LogP contribution in [0.15, 0.2) is 30.6 Å². The van der Waals surface area contributed by atoms with Crippen molar-refractivity contribution in [1.82, 2.24) is 25.5 Å². The second-order valence-electron chi connectivity index (χ2n) is 4.68. The molecule has 1 aromatic heterocycles. The van der Waals surface area contributed by atoms with Gasteiger partial charge in [0.1, 0.15) is 11.9 Å². The van der Waals surface area contributed by atoms with E-state index in [4.69, 9.17) is 4.74 Å². The standard InChI is InChI=1S/C14H19N5O2/c1-4-15-14(3,13(20)21-5-2)11-7-6-8-12(9-11)19-10-16-17-18-19/h6-10,15H,4-5H2,1-3H3. The van der Waals surface area contributed by atoms with E-state index in [1.165, 1.54) is 6.33 Å². The van der Waals surface area contributed by atoms with Crippen molar-refractivity contribution in [3.8, 4) is 5.69 Å². The number of ether oxygens (including phenoxy) is 1. The number of carbonyl (C=O) groups is 1. The Hall–Kier alpha value is -2.28. The lowest BCUT2D eigenvalue weighted by Crippen LogP contribution is -2.47. The molecule has 1 aromatic carbocycles. The van der Waals surface area contributed by atoms with Crippen LogP contribution in [0.25, 0.3) is 5.69 Å².